The largest absolute Gasteiger partial charge is 0.336 e. The van der Waals surface area contributed by atoms with Crippen LogP contribution in [0.5, 0.6) is 0 Å². The standard InChI is InChI=1S/C16H21ClN2O5S2/c1-18-5-7-19(8-6-18)16(20)14-10-12(2-3-15(14)17)26(23,24)13-4-9-25(21,22)11-13/h2-3,10,13H,4-9,11H2,1H3. The smallest absolute Gasteiger partial charge is 0.255 e. The second-order valence-electron chi connectivity index (χ2n) is 6.81. The van der Waals surface area contributed by atoms with Crippen LogP contribution in [0.1, 0.15) is 16.8 Å². The third-order valence-electron chi connectivity index (χ3n) is 4.92. The maximum Gasteiger partial charge on any atom is 0.255 e. The van der Waals surface area contributed by atoms with Gasteiger partial charge in [-0.05, 0) is 31.7 Å². The maximum absolute atomic E-state index is 12.8. The summed E-state index contributed by atoms with van der Waals surface area (Å²) in [5.41, 5.74) is 0.137. The fourth-order valence-electron chi connectivity index (χ4n) is 3.22. The molecule has 0 saturated carbocycles. The molecule has 2 aliphatic heterocycles. The Bertz CT molecular complexity index is 922. The number of carbonyl (C=O) groups is 1. The van der Waals surface area contributed by atoms with Crippen LogP contribution in [0.4, 0.5) is 0 Å². The van der Waals surface area contributed by atoms with Crippen LogP contribution < -0.4 is 0 Å². The molecular weight excluding hydrogens is 400 g/mol. The number of sulfone groups is 2. The Kier molecular flexibility index (Phi) is 5.35. The van der Waals surface area contributed by atoms with Gasteiger partial charge < -0.3 is 9.80 Å². The highest BCUT2D eigenvalue weighted by Crippen LogP contribution is 2.29. The lowest BCUT2D eigenvalue weighted by atomic mass is 10.2. The summed E-state index contributed by atoms with van der Waals surface area (Å²) in [6.07, 6.45) is 0.0784. The first-order valence-electron chi connectivity index (χ1n) is 8.32. The number of rotatable bonds is 3. The molecule has 1 amide bonds. The Morgan fingerprint density at radius 2 is 1.85 bits per heavy atom. The average Bonchev–Trinajstić information content (AvgIpc) is 2.96. The fourth-order valence-corrected chi connectivity index (χ4v) is 7.81. The van der Waals surface area contributed by atoms with E-state index < -0.39 is 24.9 Å². The molecule has 7 nitrogen and oxygen atoms in total. The third kappa shape index (κ3) is 3.90. The Balaban J connectivity index is 1.89. The van der Waals surface area contributed by atoms with Crippen LogP contribution in [0.3, 0.4) is 0 Å². The van der Waals surface area contributed by atoms with Gasteiger partial charge in [-0.1, -0.05) is 11.6 Å². The average molecular weight is 421 g/mol. The molecule has 0 aromatic heterocycles. The van der Waals surface area contributed by atoms with Crippen molar-refractivity contribution in [3.8, 4) is 0 Å². The van der Waals surface area contributed by atoms with Gasteiger partial charge >= 0.3 is 0 Å². The van der Waals surface area contributed by atoms with Crippen LogP contribution in [0, 0.1) is 0 Å². The Morgan fingerprint density at radius 3 is 2.42 bits per heavy atom. The van der Waals surface area contributed by atoms with Crippen molar-refractivity contribution in [2.24, 2.45) is 0 Å². The van der Waals surface area contributed by atoms with Gasteiger partial charge in [-0.25, -0.2) is 16.8 Å². The number of carbonyl (C=O) groups excluding carboxylic acids is 1. The van der Waals surface area contributed by atoms with Gasteiger partial charge in [0.15, 0.2) is 19.7 Å². The van der Waals surface area contributed by atoms with Crippen LogP contribution >= 0.6 is 11.6 Å². The van der Waals surface area contributed by atoms with Gasteiger partial charge in [-0.2, -0.15) is 0 Å². The zero-order chi connectivity index (χ0) is 19.1. The van der Waals surface area contributed by atoms with Crippen LogP contribution in [0.15, 0.2) is 23.1 Å². The highest BCUT2D eigenvalue weighted by Gasteiger charge is 2.38. The summed E-state index contributed by atoms with van der Waals surface area (Å²) in [7, 11) is -5.20. The predicted octanol–water partition coefficient (Wildman–Crippen LogP) is 0.688. The summed E-state index contributed by atoms with van der Waals surface area (Å²) in [5.74, 6) is -0.809. The minimum Gasteiger partial charge on any atom is -0.336 e. The second kappa shape index (κ2) is 7.10. The van der Waals surface area contributed by atoms with Crippen molar-refractivity contribution in [1.29, 1.82) is 0 Å². The Morgan fingerprint density at radius 1 is 1.19 bits per heavy atom. The van der Waals surface area contributed by atoms with Gasteiger partial charge in [0, 0.05) is 26.2 Å². The van der Waals surface area contributed by atoms with Gasteiger partial charge in [-0.3, -0.25) is 4.79 Å². The lowest BCUT2D eigenvalue weighted by molar-refractivity contribution is 0.0664. The van der Waals surface area contributed by atoms with Gasteiger partial charge in [0.05, 0.1) is 32.2 Å². The first kappa shape index (κ1) is 19.6. The predicted molar refractivity (Wildman–Crippen MR) is 99.1 cm³/mol. The van der Waals surface area contributed by atoms with E-state index in [1.54, 1.807) is 4.90 Å². The SMILES string of the molecule is CN1CCN(C(=O)c2cc(S(=O)(=O)C3CCS(=O)(=O)C3)ccc2Cl)CC1. The molecule has 1 atom stereocenters. The molecule has 0 bridgehead atoms. The first-order valence-corrected chi connectivity index (χ1v) is 12.1. The minimum absolute atomic E-state index is 0.0542. The number of hydrogen-bond donors (Lipinski definition) is 0. The molecule has 2 fully saturated rings. The molecule has 3 rings (SSSR count). The maximum atomic E-state index is 12.8. The monoisotopic (exact) mass is 420 g/mol. The second-order valence-corrected chi connectivity index (χ2v) is 11.7. The van der Waals surface area contributed by atoms with Crippen LogP contribution in [0.25, 0.3) is 0 Å². The molecule has 2 heterocycles. The molecule has 1 aromatic rings. The van der Waals surface area contributed by atoms with E-state index in [9.17, 15) is 21.6 Å². The molecule has 1 unspecified atom stereocenters. The van der Waals surface area contributed by atoms with Crippen molar-refractivity contribution >= 4 is 37.2 Å². The molecule has 10 heteroatoms. The molecule has 26 heavy (non-hydrogen) atoms. The van der Waals surface area contributed by atoms with Crippen molar-refractivity contribution in [3.63, 3.8) is 0 Å². The number of nitrogens with zero attached hydrogens (tertiary/aromatic N) is 2. The van der Waals surface area contributed by atoms with Crippen LogP contribution in [-0.2, 0) is 19.7 Å². The summed E-state index contributed by atoms with van der Waals surface area (Å²) in [6, 6.07) is 4.01. The van der Waals surface area contributed by atoms with E-state index in [-0.39, 0.29) is 39.3 Å². The van der Waals surface area contributed by atoms with Crippen molar-refractivity contribution in [2.75, 3.05) is 44.7 Å². The minimum atomic E-state index is -3.84. The lowest BCUT2D eigenvalue weighted by Crippen LogP contribution is -2.47. The van der Waals surface area contributed by atoms with Gasteiger partial charge in [0.2, 0.25) is 0 Å². The molecule has 0 N–H and O–H groups in total. The third-order valence-corrected chi connectivity index (χ3v) is 9.42. The molecular formula is C16H21ClN2O5S2. The molecule has 144 valence electrons. The number of halogens is 1. The zero-order valence-electron chi connectivity index (χ0n) is 14.4. The number of benzene rings is 1. The normalized spacial score (nSPS) is 23.9. The highest BCUT2D eigenvalue weighted by atomic mass is 35.5. The van der Waals surface area contributed by atoms with Gasteiger partial charge in [0.25, 0.3) is 5.91 Å². The molecule has 0 spiro atoms. The summed E-state index contributed by atoms with van der Waals surface area (Å²) in [4.78, 5) is 16.5. The fraction of sp³-hybridized carbons (Fsp3) is 0.562. The molecule has 1 aromatic carbocycles. The summed E-state index contributed by atoms with van der Waals surface area (Å²) < 4.78 is 48.8. The topological polar surface area (TPSA) is 91.8 Å². The van der Waals surface area contributed by atoms with E-state index in [2.05, 4.69) is 4.90 Å². The van der Waals surface area contributed by atoms with E-state index in [1.165, 1.54) is 18.2 Å². The highest BCUT2D eigenvalue weighted by molar-refractivity contribution is 7.96. The number of piperazine rings is 1. The van der Waals surface area contributed by atoms with E-state index in [0.29, 0.717) is 13.1 Å². The van der Waals surface area contributed by atoms with E-state index in [1.807, 2.05) is 7.05 Å². The lowest BCUT2D eigenvalue weighted by Gasteiger charge is -2.32. The molecule has 0 radical (unpaired) electrons. The molecule has 2 saturated heterocycles. The molecule has 0 aliphatic carbocycles. The van der Waals surface area contributed by atoms with Crippen molar-refractivity contribution < 1.29 is 21.6 Å². The van der Waals surface area contributed by atoms with E-state index in [4.69, 9.17) is 11.6 Å². The van der Waals surface area contributed by atoms with E-state index in [0.717, 1.165) is 13.1 Å². The summed E-state index contributed by atoms with van der Waals surface area (Å²) >= 11 is 6.15. The number of likely N-dealkylation sites (N-methyl/N-ethyl adjacent to an activating group) is 1. The number of hydrogen-bond acceptors (Lipinski definition) is 6. The van der Waals surface area contributed by atoms with Crippen molar-refractivity contribution in [1.82, 2.24) is 9.80 Å². The Labute approximate surface area is 158 Å². The van der Waals surface area contributed by atoms with E-state index >= 15 is 0 Å². The van der Waals surface area contributed by atoms with Gasteiger partial charge in [0.1, 0.15) is 0 Å². The van der Waals surface area contributed by atoms with Crippen molar-refractivity contribution in [2.45, 2.75) is 16.6 Å². The zero-order valence-corrected chi connectivity index (χ0v) is 16.8. The van der Waals surface area contributed by atoms with Crippen LogP contribution in [0.2, 0.25) is 5.02 Å². The quantitative estimate of drug-likeness (QED) is 0.714. The number of amides is 1. The van der Waals surface area contributed by atoms with Crippen LogP contribution in [-0.4, -0.2) is 82.5 Å². The molecule has 2 aliphatic rings. The summed E-state index contributed by atoms with van der Waals surface area (Å²) in [5, 5.41) is -0.785. The van der Waals surface area contributed by atoms with Crippen molar-refractivity contribution in [3.05, 3.63) is 28.8 Å². The summed E-state index contributed by atoms with van der Waals surface area (Å²) in [6.45, 7) is 2.57. The first-order chi connectivity index (χ1) is 12.1. The Hall–Kier alpha value is -1.16. The van der Waals surface area contributed by atoms with Gasteiger partial charge in [-0.15, -0.1) is 0 Å².